The Hall–Kier alpha value is -2.81. The second kappa shape index (κ2) is 6.97. The van der Waals surface area contributed by atoms with Crippen LogP contribution in [0.4, 0.5) is 11.8 Å². The zero-order chi connectivity index (χ0) is 17.0. The Morgan fingerprint density at radius 1 is 1.17 bits per heavy atom. The first kappa shape index (κ1) is 16.6. The zero-order valence-electron chi connectivity index (χ0n) is 13.7. The minimum atomic E-state index is 0.0542. The normalized spacial score (nSPS) is 10.3. The van der Waals surface area contributed by atoms with Crippen LogP contribution in [0.3, 0.4) is 0 Å². The monoisotopic (exact) mass is 311 g/mol. The number of nitrogen functional groups attached to an aromatic ring is 2. The molecule has 23 heavy (non-hydrogen) atoms. The molecule has 1 aromatic carbocycles. The van der Waals surface area contributed by atoms with Gasteiger partial charge in [-0.3, -0.25) is 0 Å². The molecule has 0 bridgehead atoms. The number of benzene rings is 1. The fourth-order valence-electron chi connectivity index (χ4n) is 2.50. The standard InChI is InChI=1S/C17H21N5O/c1-4-5-6-23-12-7-10(2)14(11(3)8-12)15-13(9-18)16(19)22-17(20)21-15/h7-8H,4-6H2,1-3H3,(H4,19,20,21,22). The van der Waals surface area contributed by atoms with E-state index in [9.17, 15) is 5.26 Å². The molecule has 0 saturated heterocycles. The summed E-state index contributed by atoms with van der Waals surface area (Å²) in [5.41, 5.74) is 14.9. The fourth-order valence-corrected chi connectivity index (χ4v) is 2.50. The molecule has 1 heterocycles. The molecule has 0 amide bonds. The molecule has 6 nitrogen and oxygen atoms in total. The van der Waals surface area contributed by atoms with Gasteiger partial charge in [-0.15, -0.1) is 0 Å². The maximum atomic E-state index is 9.36. The van der Waals surface area contributed by atoms with Crippen molar-refractivity contribution >= 4 is 11.8 Å². The van der Waals surface area contributed by atoms with Crippen LogP contribution in [-0.2, 0) is 0 Å². The highest BCUT2D eigenvalue weighted by Crippen LogP contribution is 2.33. The van der Waals surface area contributed by atoms with Crippen LogP contribution in [0.25, 0.3) is 11.3 Å². The van der Waals surface area contributed by atoms with Gasteiger partial charge in [0.1, 0.15) is 23.2 Å². The molecular weight excluding hydrogens is 290 g/mol. The van der Waals surface area contributed by atoms with Crippen LogP contribution < -0.4 is 16.2 Å². The van der Waals surface area contributed by atoms with E-state index in [1.807, 2.05) is 26.0 Å². The third kappa shape index (κ3) is 3.51. The van der Waals surface area contributed by atoms with Crippen LogP contribution in [0, 0.1) is 25.2 Å². The number of nitrogens with zero attached hydrogens (tertiary/aromatic N) is 3. The van der Waals surface area contributed by atoms with Crippen molar-refractivity contribution in [2.45, 2.75) is 33.6 Å². The molecule has 0 spiro atoms. The average molecular weight is 311 g/mol. The highest BCUT2D eigenvalue weighted by Gasteiger charge is 2.17. The van der Waals surface area contributed by atoms with Gasteiger partial charge in [-0.2, -0.15) is 10.2 Å². The van der Waals surface area contributed by atoms with E-state index in [1.165, 1.54) is 0 Å². The molecule has 0 aliphatic rings. The molecule has 2 aromatic rings. The van der Waals surface area contributed by atoms with Gasteiger partial charge in [0.2, 0.25) is 5.95 Å². The molecule has 0 aliphatic carbocycles. The molecule has 1 aromatic heterocycles. The molecule has 0 fully saturated rings. The molecule has 0 unspecified atom stereocenters. The van der Waals surface area contributed by atoms with E-state index in [0.29, 0.717) is 12.3 Å². The number of ether oxygens (including phenoxy) is 1. The number of hydrogen-bond acceptors (Lipinski definition) is 6. The van der Waals surface area contributed by atoms with Crippen molar-refractivity contribution < 1.29 is 4.74 Å². The van der Waals surface area contributed by atoms with E-state index in [2.05, 4.69) is 23.0 Å². The van der Waals surface area contributed by atoms with Crippen LogP contribution in [-0.4, -0.2) is 16.6 Å². The maximum Gasteiger partial charge on any atom is 0.222 e. The molecule has 6 heteroatoms. The zero-order valence-corrected chi connectivity index (χ0v) is 13.7. The summed E-state index contributed by atoms with van der Waals surface area (Å²) < 4.78 is 5.76. The molecule has 0 saturated carbocycles. The van der Waals surface area contributed by atoms with E-state index in [0.717, 1.165) is 35.3 Å². The number of aryl methyl sites for hydroxylation is 2. The minimum absolute atomic E-state index is 0.0542. The molecule has 120 valence electrons. The Morgan fingerprint density at radius 3 is 2.39 bits per heavy atom. The van der Waals surface area contributed by atoms with Crippen molar-refractivity contribution in [3.8, 4) is 23.1 Å². The first-order chi connectivity index (χ1) is 11.0. The van der Waals surface area contributed by atoms with Crippen molar-refractivity contribution in [1.29, 1.82) is 5.26 Å². The van der Waals surface area contributed by atoms with Gasteiger partial charge >= 0.3 is 0 Å². The number of anilines is 2. The van der Waals surface area contributed by atoms with Gasteiger partial charge in [0.25, 0.3) is 0 Å². The van der Waals surface area contributed by atoms with Gasteiger partial charge in [0.15, 0.2) is 0 Å². The lowest BCUT2D eigenvalue weighted by Gasteiger charge is -2.15. The Morgan fingerprint density at radius 2 is 1.83 bits per heavy atom. The predicted molar refractivity (Wildman–Crippen MR) is 90.9 cm³/mol. The smallest absolute Gasteiger partial charge is 0.222 e. The van der Waals surface area contributed by atoms with E-state index in [4.69, 9.17) is 16.2 Å². The lowest BCUT2D eigenvalue weighted by atomic mass is 9.96. The highest BCUT2D eigenvalue weighted by atomic mass is 16.5. The van der Waals surface area contributed by atoms with Gasteiger partial charge in [-0.1, -0.05) is 13.3 Å². The number of nitrogens with two attached hydrogens (primary N) is 2. The second-order valence-electron chi connectivity index (χ2n) is 5.44. The van der Waals surface area contributed by atoms with Gasteiger partial charge in [0.05, 0.1) is 12.3 Å². The fraction of sp³-hybridized carbons (Fsp3) is 0.353. The van der Waals surface area contributed by atoms with Crippen LogP contribution in [0.5, 0.6) is 5.75 Å². The van der Waals surface area contributed by atoms with Gasteiger partial charge in [-0.05, 0) is 43.5 Å². The summed E-state index contributed by atoms with van der Waals surface area (Å²) in [5, 5.41) is 9.36. The van der Waals surface area contributed by atoms with Crippen molar-refractivity contribution in [1.82, 2.24) is 9.97 Å². The lowest BCUT2D eigenvalue weighted by molar-refractivity contribution is 0.309. The van der Waals surface area contributed by atoms with Gasteiger partial charge in [0, 0.05) is 5.56 Å². The Bertz CT molecular complexity index is 741. The van der Waals surface area contributed by atoms with Crippen molar-refractivity contribution in [2.24, 2.45) is 0 Å². The van der Waals surface area contributed by atoms with E-state index < -0.39 is 0 Å². The number of hydrogen-bond donors (Lipinski definition) is 2. The second-order valence-corrected chi connectivity index (χ2v) is 5.44. The number of nitriles is 1. The Balaban J connectivity index is 2.51. The minimum Gasteiger partial charge on any atom is -0.494 e. The Labute approximate surface area is 136 Å². The van der Waals surface area contributed by atoms with Crippen LogP contribution in [0.1, 0.15) is 36.5 Å². The maximum absolute atomic E-state index is 9.36. The molecular formula is C17H21N5O. The summed E-state index contributed by atoms with van der Waals surface area (Å²) in [6.45, 7) is 6.71. The van der Waals surface area contributed by atoms with Crippen LogP contribution in [0.2, 0.25) is 0 Å². The van der Waals surface area contributed by atoms with Crippen molar-refractivity contribution in [3.63, 3.8) is 0 Å². The predicted octanol–water partition coefficient (Wildman–Crippen LogP) is 2.98. The van der Waals surface area contributed by atoms with Gasteiger partial charge in [-0.25, -0.2) is 4.98 Å². The quantitative estimate of drug-likeness (QED) is 0.821. The Kier molecular flexibility index (Phi) is 5.02. The molecule has 0 radical (unpaired) electrons. The summed E-state index contributed by atoms with van der Waals surface area (Å²) in [6.07, 6.45) is 2.10. The topological polar surface area (TPSA) is 111 Å². The summed E-state index contributed by atoms with van der Waals surface area (Å²) >= 11 is 0. The number of unbranched alkanes of at least 4 members (excludes halogenated alkanes) is 1. The summed E-state index contributed by atoms with van der Waals surface area (Å²) in [6, 6.07) is 5.94. The van der Waals surface area contributed by atoms with Crippen LogP contribution >= 0.6 is 0 Å². The van der Waals surface area contributed by atoms with Crippen LogP contribution in [0.15, 0.2) is 12.1 Å². The average Bonchev–Trinajstić information content (AvgIpc) is 2.46. The number of aromatic nitrogens is 2. The van der Waals surface area contributed by atoms with E-state index >= 15 is 0 Å². The third-order valence-corrected chi connectivity index (χ3v) is 3.58. The largest absolute Gasteiger partial charge is 0.494 e. The summed E-state index contributed by atoms with van der Waals surface area (Å²) in [5.74, 6) is 0.960. The third-order valence-electron chi connectivity index (χ3n) is 3.58. The first-order valence-corrected chi connectivity index (χ1v) is 7.55. The van der Waals surface area contributed by atoms with E-state index in [-0.39, 0.29) is 17.3 Å². The lowest BCUT2D eigenvalue weighted by Crippen LogP contribution is -2.06. The molecule has 0 atom stereocenters. The summed E-state index contributed by atoms with van der Waals surface area (Å²) in [4.78, 5) is 8.08. The first-order valence-electron chi connectivity index (χ1n) is 7.55. The van der Waals surface area contributed by atoms with Gasteiger partial charge < -0.3 is 16.2 Å². The molecule has 4 N–H and O–H groups in total. The molecule has 0 aliphatic heterocycles. The highest BCUT2D eigenvalue weighted by molar-refractivity contribution is 5.78. The van der Waals surface area contributed by atoms with E-state index in [1.54, 1.807) is 0 Å². The molecule has 2 rings (SSSR count). The number of rotatable bonds is 5. The summed E-state index contributed by atoms with van der Waals surface area (Å²) in [7, 11) is 0. The SMILES string of the molecule is CCCCOc1cc(C)c(-c2nc(N)nc(N)c2C#N)c(C)c1. The van der Waals surface area contributed by atoms with Crippen molar-refractivity contribution in [3.05, 3.63) is 28.8 Å². The van der Waals surface area contributed by atoms with Crippen molar-refractivity contribution in [2.75, 3.05) is 18.1 Å².